The van der Waals surface area contributed by atoms with Gasteiger partial charge in [0.15, 0.2) is 0 Å². The molecule has 0 spiro atoms. The molecule has 9 nitrogen and oxygen atoms in total. The number of halogens is 3. The molecule has 0 aliphatic heterocycles. The average molecular weight is 429 g/mol. The third kappa shape index (κ3) is 4.00. The van der Waals surface area contributed by atoms with Crippen molar-refractivity contribution in [3.63, 3.8) is 0 Å². The fourth-order valence-electron chi connectivity index (χ4n) is 2.95. The lowest BCUT2D eigenvalue weighted by Crippen LogP contribution is -2.18. The zero-order valence-corrected chi connectivity index (χ0v) is 15.8. The Balaban J connectivity index is 1.69. The van der Waals surface area contributed by atoms with E-state index in [1.807, 2.05) is 0 Å². The molecule has 0 saturated heterocycles. The van der Waals surface area contributed by atoms with Crippen molar-refractivity contribution in [3.05, 3.63) is 65.7 Å². The molecule has 3 heterocycles. The maximum absolute atomic E-state index is 13.1. The van der Waals surface area contributed by atoms with Gasteiger partial charge in [0, 0.05) is 29.8 Å². The molecule has 0 aliphatic carbocycles. The normalized spacial score (nSPS) is 11.5. The monoisotopic (exact) mass is 429 g/mol. The van der Waals surface area contributed by atoms with Crippen LogP contribution in [0.1, 0.15) is 21.6 Å². The smallest absolute Gasteiger partial charge is 0.324 e. The van der Waals surface area contributed by atoms with Crippen molar-refractivity contribution in [2.75, 3.05) is 5.32 Å². The zero-order chi connectivity index (χ0) is 22.2. The van der Waals surface area contributed by atoms with Gasteiger partial charge in [-0.05, 0) is 37.3 Å². The van der Waals surface area contributed by atoms with E-state index in [4.69, 9.17) is 5.21 Å². The van der Waals surface area contributed by atoms with Crippen LogP contribution in [-0.4, -0.2) is 35.5 Å². The third-order valence-corrected chi connectivity index (χ3v) is 4.38. The number of fused-ring (bicyclic) bond motifs is 1. The Hall–Kier alpha value is -4.06. The number of anilines is 2. The highest BCUT2D eigenvalue weighted by atomic mass is 19.4. The van der Waals surface area contributed by atoms with Gasteiger partial charge in [-0.15, -0.1) is 0 Å². The summed E-state index contributed by atoms with van der Waals surface area (Å²) in [6.07, 6.45) is -1.43. The number of nitrogens with zero attached hydrogens (tertiary/aromatic N) is 5. The molecule has 0 bridgehead atoms. The van der Waals surface area contributed by atoms with Gasteiger partial charge >= 0.3 is 6.18 Å². The van der Waals surface area contributed by atoms with Crippen LogP contribution >= 0.6 is 0 Å². The minimum absolute atomic E-state index is 0.117. The fraction of sp³-hybridized carbons (Fsp3) is 0.105. The summed E-state index contributed by atoms with van der Waals surface area (Å²) in [4.78, 5) is 27.9. The topological polar surface area (TPSA) is 117 Å². The summed E-state index contributed by atoms with van der Waals surface area (Å²) in [6.45, 7) is 1.65. The van der Waals surface area contributed by atoms with Crippen molar-refractivity contribution in [2.24, 2.45) is 0 Å². The number of carbonyl (C=O) groups is 1. The van der Waals surface area contributed by atoms with Gasteiger partial charge in [-0.1, -0.05) is 0 Å². The Kier molecular flexibility index (Phi) is 4.99. The molecule has 31 heavy (non-hydrogen) atoms. The van der Waals surface area contributed by atoms with Crippen LogP contribution in [0.25, 0.3) is 17.2 Å². The Morgan fingerprint density at radius 1 is 1.10 bits per heavy atom. The van der Waals surface area contributed by atoms with E-state index in [1.54, 1.807) is 25.1 Å². The van der Waals surface area contributed by atoms with Crippen LogP contribution < -0.4 is 10.8 Å². The highest BCUT2D eigenvalue weighted by molar-refractivity contribution is 5.93. The lowest BCUT2D eigenvalue weighted by Gasteiger charge is -2.09. The van der Waals surface area contributed by atoms with Crippen molar-refractivity contribution in [3.8, 4) is 11.4 Å². The molecule has 1 aromatic carbocycles. The van der Waals surface area contributed by atoms with E-state index in [0.717, 1.165) is 12.4 Å². The first kappa shape index (κ1) is 20.2. The number of benzene rings is 1. The van der Waals surface area contributed by atoms with Crippen LogP contribution in [0.5, 0.6) is 0 Å². The Labute approximate surface area is 172 Å². The number of alkyl halides is 3. The van der Waals surface area contributed by atoms with Crippen molar-refractivity contribution in [1.29, 1.82) is 0 Å². The van der Waals surface area contributed by atoms with Crippen LogP contribution in [0.2, 0.25) is 0 Å². The lowest BCUT2D eigenvalue weighted by atomic mass is 10.2. The van der Waals surface area contributed by atoms with E-state index in [2.05, 4.69) is 25.3 Å². The summed E-state index contributed by atoms with van der Waals surface area (Å²) in [5.41, 5.74) is 2.60. The molecule has 4 rings (SSSR count). The maximum atomic E-state index is 13.1. The van der Waals surface area contributed by atoms with E-state index in [-0.39, 0.29) is 17.3 Å². The second kappa shape index (κ2) is 7.65. The van der Waals surface area contributed by atoms with Gasteiger partial charge in [0.1, 0.15) is 0 Å². The van der Waals surface area contributed by atoms with Crippen LogP contribution in [0.3, 0.4) is 0 Å². The predicted octanol–water partition coefficient (Wildman–Crippen LogP) is 3.38. The number of rotatable bonds is 4. The maximum Gasteiger partial charge on any atom is 0.419 e. The molecule has 0 radical (unpaired) electrons. The number of carbonyl (C=O) groups excluding carboxylic acids is 1. The molecule has 3 N–H and O–H groups in total. The molecular formula is C19H14F3N7O2. The summed E-state index contributed by atoms with van der Waals surface area (Å²) in [6, 6.07) is 7.68. The quantitative estimate of drug-likeness (QED) is 0.336. The molecule has 0 atom stereocenters. The van der Waals surface area contributed by atoms with Gasteiger partial charge in [0.2, 0.25) is 11.7 Å². The Morgan fingerprint density at radius 3 is 2.52 bits per heavy atom. The Bertz CT molecular complexity index is 1270. The second-order valence-corrected chi connectivity index (χ2v) is 6.46. The molecule has 12 heteroatoms. The zero-order valence-electron chi connectivity index (χ0n) is 15.8. The van der Waals surface area contributed by atoms with Crippen molar-refractivity contribution < 1.29 is 23.2 Å². The van der Waals surface area contributed by atoms with Crippen molar-refractivity contribution >= 4 is 23.3 Å². The Morgan fingerprint density at radius 2 is 1.84 bits per heavy atom. The molecule has 1 amide bonds. The summed E-state index contributed by atoms with van der Waals surface area (Å²) < 4.78 is 40.6. The average Bonchev–Trinajstić information content (AvgIpc) is 3.08. The number of hydrogen-bond acceptors (Lipinski definition) is 7. The number of amides is 1. The standard InChI is InChI=1S/C19H14F3N7O2/c1-10-15(29-9-12(19(20,21)22)8-24-18(29)25-10)14-6-7-23-17(27-14)26-13-4-2-11(3-5-13)16(30)28-31/h2-9,31H,1H3,(H,28,30)(H,23,26,27). The van der Waals surface area contributed by atoms with Gasteiger partial charge in [0.25, 0.3) is 5.91 Å². The highest BCUT2D eigenvalue weighted by Crippen LogP contribution is 2.31. The first-order valence-electron chi connectivity index (χ1n) is 8.83. The second-order valence-electron chi connectivity index (χ2n) is 6.46. The van der Waals surface area contributed by atoms with E-state index in [9.17, 15) is 18.0 Å². The van der Waals surface area contributed by atoms with Crippen LogP contribution in [0.15, 0.2) is 48.9 Å². The number of hydrogen-bond donors (Lipinski definition) is 3. The summed E-state index contributed by atoms with van der Waals surface area (Å²) >= 11 is 0. The molecule has 0 aliphatic rings. The molecule has 0 unspecified atom stereocenters. The molecular weight excluding hydrogens is 415 g/mol. The minimum atomic E-state index is -4.55. The van der Waals surface area contributed by atoms with E-state index in [1.165, 1.54) is 28.2 Å². The number of aryl methyl sites for hydroxylation is 1. The molecule has 0 fully saturated rings. The summed E-state index contributed by atoms with van der Waals surface area (Å²) in [5, 5.41) is 11.6. The van der Waals surface area contributed by atoms with Crippen molar-refractivity contribution in [2.45, 2.75) is 13.1 Å². The fourth-order valence-corrected chi connectivity index (χ4v) is 2.95. The van der Waals surface area contributed by atoms with Crippen LogP contribution in [0.4, 0.5) is 24.8 Å². The van der Waals surface area contributed by atoms with E-state index < -0.39 is 17.6 Å². The van der Waals surface area contributed by atoms with Crippen molar-refractivity contribution in [1.82, 2.24) is 29.8 Å². The third-order valence-electron chi connectivity index (χ3n) is 4.38. The lowest BCUT2D eigenvalue weighted by molar-refractivity contribution is -0.138. The van der Waals surface area contributed by atoms with Gasteiger partial charge in [0.05, 0.1) is 22.6 Å². The highest BCUT2D eigenvalue weighted by Gasteiger charge is 2.32. The van der Waals surface area contributed by atoms with Crippen LogP contribution in [-0.2, 0) is 6.18 Å². The van der Waals surface area contributed by atoms with Gasteiger partial charge in [-0.2, -0.15) is 13.2 Å². The number of nitrogens with one attached hydrogen (secondary N) is 2. The summed E-state index contributed by atoms with van der Waals surface area (Å²) in [7, 11) is 0. The molecule has 158 valence electrons. The number of hydroxylamine groups is 1. The van der Waals surface area contributed by atoms with E-state index >= 15 is 0 Å². The summed E-state index contributed by atoms with van der Waals surface area (Å²) in [5.74, 6) is -0.350. The minimum Gasteiger partial charge on any atom is -0.324 e. The largest absolute Gasteiger partial charge is 0.419 e. The molecule has 3 aromatic heterocycles. The molecule has 4 aromatic rings. The van der Waals surface area contributed by atoms with Crippen LogP contribution in [0, 0.1) is 6.92 Å². The predicted molar refractivity (Wildman–Crippen MR) is 103 cm³/mol. The number of aromatic nitrogens is 5. The first-order chi connectivity index (χ1) is 14.8. The van der Waals surface area contributed by atoms with E-state index in [0.29, 0.717) is 22.8 Å². The van der Waals surface area contributed by atoms with Gasteiger partial charge in [-0.25, -0.2) is 25.4 Å². The molecule has 0 saturated carbocycles. The first-order valence-corrected chi connectivity index (χ1v) is 8.83. The SMILES string of the molecule is Cc1nc2ncc(C(F)(F)F)cn2c1-c1ccnc(Nc2ccc(C(=O)NO)cc2)n1. The van der Waals surface area contributed by atoms with Gasteiger partial charge < -0.3 is 5.32 Å². The van der Waals surface area contributed by atoms with Gasteiger partial charge in [-0.3, -0.25) is 14.4 Å². The number of imidazole rings is 1.